The minimum absolute atomic E-state index is 0.0448. The molecule has 0 amide bonds. The number of rotatable bonds is 4. The van der Waals surface area contributed by atoms with Crippen LogP contribution >= 0.6 is 0 Å². The molecule has 2 atom stereocenters. The number of nitrogens with one attached hydrogen (secondary N) is 4. The number of nitrogens with zero attached hydrogens (tertiary/aromatic N) is 2. The summed E-state index contributed by atoms with van der Waals surface area (Å²) in [4.78, 5) is 20.4. The van der Waals surface area contributed by atoms with Gasteiger partial charge in [-0.2, -0.15) is 5.10 Å². The van der Waals surface area contributed by atoms with Crippen molar-refractivity contribution in [2.75, 3.05) is 23.8 Å². The third kappa shape index (κ3) is 3.30. The van der Waals surface area contributed by atoms with Gasteiger partial charge in [-0.3, -0.25) is 4.79 Å². The molecule has 1 aliphatic heterocycles. The second-order valence-corrected chi connectivity index (χ2v) is 7.17. The first-order chi connectivity index (χ1) is 14.2. The SMILES string of the molecule is NC1COCCC1Nc1cc2cn[nH]c(=O)c2c(Nc2cccc3cc[nH]c23)n1. The van der Waals surface area contributed by atoms with Crippen molar-refractivity contribution in [3.8, 4) is 0 Å². The van der Waals surface area contributed by atoms with Gasteiger partial charge in [0.2, 0.25) is 0 Å². The summed E-state index contributed by atoms with van der Waals surface area (Å²) < 4.78 is 5.41. The topological polar surface area (TPSA) is 134 Å². The highest BCUT2D eigenvalue weighted by Crippen LogP contribution is 2.29. The van der Waals surface area contributed by atoms with Gasteiger partial charge in [-0.1, -0.05) is 12.1 Å². The van der Waals surface area contributed by atoms with Crippen LogP contribution < -0.4 is 21.9 Å². The number of anilines is 3. The average molecular weight is 391 g/mol. The van der Waals surface area contributed by atoms with Crippen molar-refractivity contribution in [3.05, 3.63) is 53.1 Å². The van der Waals surface area contributed by atoms with Gasteiger partial charge in [0, 0.05) is 35.7 Å². The lowest BCUT2D eigenvalue weighted by molar-refractivity contribution is 0.0752. The Hall–Kier alpha value is -3.43. The molecule has 4 heterocycles. The van der Waals surface area contributed by atoms with Crippen molar-refractivity contribution in [3.63, 3.8) is 0 Å². The van der Waals surface area contributed by atoms with Crippen molar-refractivity contribution in [2.45, 2.75) is 18.5 Å². The summed E-state index contributed by atoms with van der Waals surface area (Å²) in [6, 6.07) is 9.65. The second-order valence-electron chi connectivity index (χ2n) is 7.17. The zero-order valence-corrected chi connectivity index (χ0v) is 15.6. The molecule has 0 saturated carbocycles. The molecule has 1 aromatic carbocycles. The summed E-state index contributed by atoms with van der Waals surface area (Å²) in [6.07, 6.45) is 4.29. The van der Waals surface area contributed by atoms with E-state index in [1.165, 1.54) is 0 Å². The summed E-state index contributed by atoms with van der Waals surface area (Å²) in [5.74, 6) is 1.09. The van der Waals surface area contributed by atoms with Crippen molar-refractivity contribution in [1.82, 2.24) is 20.2 Å². The number of ether oxygens (including phenoxy) is 1. The molecule has 0 aliphatic carbocycles. The van der Waals surface area contributed by atoms with Gasteiger partial charge >= 0.3 is 0 Å². The van der Waals surface area contributed by atoms with E-state index < -0.39 is 0 Å². The van der Waals surface area contributed by atoms with Gasteiger partial charge in [0.15, 0.2) is 0 Å². The molecule has 148 valence electrons. The summed E-state index contributed by atoms with van der Waals surface area (Å²) >= 11 is 0. The van der Waals surface area contributed by atoms with Gasteiger partial charge in [-0.05, 0) is 24.6 Å². The van der Waals surface area contributed by atoms with Crippen LogP contribution in [0.2, 0.25) is 0 Å². The molecular weight excluding hydrogens is 370 g/mol. The molecule has 2 unspecified atom stereocenters. The standard InChI is InChI=1S/C20H21N7O2/c21-13-10-29-7-5-14(13)24-16-8-12-9-23-27-20(28)17(12)19(26-16)25-15-3-1-2-11-4-6-22-18(11)15/h1-4,6,8-9,13-14,22H,5,7,10,21H2,(H,27,28)(H2,24,25,26). The summed E-state index contributed by atoms with van der Waals surface area (Å²) in [6.45, 7) is 1.16. The van der Waals surface area contributed by atoms with Gasteiger partial charge in [-0.15, -0.1) is 0 Å². The van der Waals surface area contributed by atoms with Crippen molar-refractivity contribution < 1.29 is 4.74 Å². The van der Waals surface area contributed by atoms with Crippen LogP contribution in [0.5, 0.6) is 0 Å². The number of aromatic nitrogens is 4. The molecule has 6 N–H and O–H groups in total. The summed E-state index contributed by atoms with van der Waals surface area (Å²) in [5, 5.41) is 15.3. The first kappa shape index (κ1) is 17.7. The lowest BCUT2D eigenvalue weighted by Gasteiger charge is -2.30. The lowest BCUT2D eigenvalue weighted by atomic mass is 10.0. The Morgan fingerprint density at radius 3 is 3.07 bits per heavy atom. The number of aromatic amines is 2. The first-order valence-electron chi connectivity index (χ1n) is 9.50. The predicted molar refractivity (Wildman–Crippen MR) is 113 cm³/mol. The molecule has 4 aromatic rings. The molecule has 29 heavy (non-hydrogen) atoms. The highest BCUT2D eigenvalue weighted by atomic mass is 16.5. The highest BCUT2D eigenvalue weighted by Gasteiger charge is 2.23. The molecule has 9 nitrogen and oxygen atoms in total. The van der Waals surface area contributed by atoms with Crippen LogP contribution in [-0.2, 0) is 4.74 Å². The number of nitrogens with two attached hydrogens (primary N) is 1. The monoisotopic (exact) mass is 391 g/mol. The van der Waals surface area contributed by atoms with Crippen molar-refractivity contribution in [2.24, 2.45) is 5.73 Å². The Balaban J connectivity index is 1.59. The Morgan fingerprint density at radius 1 is 1.24 bits per heavy atom. The number of hydrogen-bond donors (Lipinski definition) is 5. The van der Waals surface area contributed by atoms with Crippen LogP contribution in [0.3, 0.4) is 0 Å². The minimum Gasteiger partial charge on any atom is -0.380 e. The van der Waals surface area contributed by atoms with Crippen LogP contribution in [0.4, 0.5) is 17.3 Å². The molecule has 0 radical (unpaired) electrons. The maximum atomic E-state index is 12.5. The third-order valence-electron chi connectivity index (χ3n) is 5.22. The van der Waals surface area contributed by atoms with Crippen LogP contribution in [0.25, 0.3) is 21.7 Å². The van der Waals surface area contributed by atoms with Gasteiger partial charge in [-0.25, -0.2) is 10.1 Å². The van der Waals surface area contributed by atoms with Crippen LogP contribution in [0.1, 0.15) is 6.42 Å². The van der Waals surface area contributed by atoms with E-state index in [2.05, 4.69) is 25.8 Å². The molecule has 9 heteroatoms. The maximum absolute atomic E-state index is 12.5. The molecule has 0 bridgehead atoms. The smallest absolute Gasteiger partial charge is 0.275 e. The predicted octanol–water partition coefficient (Wildman–Crippen LogP) is 2.07. The summed E-state index contributed by atoms with van der Waals surface area (Å²) in [5.41, 5.74) is 7.65. The highest BCUT2D eigenvalue weighted by molar-refractivity contribution is 5.98. The number of para-hydroxylation sites is 1. The molecule has 1 saturated heterocycles. The first-order valence-corrected chi connectivity index (χ1v) is 9.50. The van der Waals surface area contributed by atoms with E-state index in [0.29, 0.717) is 35.6 Å². The van der Waals surface area contributed by atoms with Crippen molar-refractivity contribution in [1.29, 1.82) is 0 Å². The number of pyridine rings is 1. The van der Waals surface area contributed by atoms with E-state index >= 15 is 0 Å². The molecule has 1 fully saturated rings. The van der Waals surface area contributed by atoms with Gasteiger partial charge in [0.1, 0.15) is 11.6 Å². The third-order valence-corrected chi connectivity index (χ3v) is 5.22. The molecule has 1 aliphatic rings. The van der Waals surface area contributed by atoms with E-state index in [1.54, 1.807) is 6.20 Å². The Kier molecular flexibility index (Phi) is 4.38. The maximum Gasteiger partial charge on any atom is 0.275 e. The fourth-order valence-corrected chi connectivity index (χ4v) is 3.73. The molecular formula is C20H21N7O2. The van der Waals surface area contributed by atoms with Crippen LogP contribution in [0.15, 0.2) is 47.5 Å². The second kappa shape index (κ2) is 7.19. The number of H-pyrrole nitrogens is 2. The van der Waals surface area contributed by atoms with Gasteiger partial charge in [0.05, 0.1) is 29.4 Å². The van der Waals surface area contributed by atoms with Crippen LogP contribution in [-0.4, -0.2) is 45.5 Å². The van der Waals surface area contributed by atoms with E-state index in [9.17, 15) is 4.79 Å². The van der Waals surface area contributed by atoms with E-state index in [-0.39, 0.29) is 17.6 Å². The quantitative estimate of drug-likeness (QED) is 0.359. The largest absolute Gasteiger partial charge is 0.380 e. The number of fused-ring (bicyclic) bond motifs is 2. The normalized spacial score (nSPS) is 19.5. The average Bonchev–Trinajstić information content (AvgIpc) is 3.20. The minimum atomic E-state index is -0.300. The van der Waals surface area contributed by atoms with Gasteiger partial charge < -0.3 is 26.1 Å². The zero-order chi connectivity index (χ0) is 19.8. The Labute approximate surface area is 165 Å². The zero-order valence-electron chi connectivity index (χ0n) is 15.6. The van der Waals surface area contributed by atoms with E-state index in [1.807, 2.05) is 36.5 Å². The van der Waals surface area contributed by atoms with Crippen molar-refractivity contribution >= 4 is 39.0 Å². The lowest BCUT2D eigenvalue weighted by Crippen LogP contribution is -2.47. The van der Waals surface area contributed by atoms with E-state index in [4.69, 9.17) is 15.5 Å². The van der Waals surface area contributed by atoms with E-state index in [0.717, 1.165) is 23.0 Å². The Bertz CT molecular complexity index is 1230. The molecule has 3 aromatic heterocycles. The molecule has 0 spiro atoms. The number of benzene rings is 1. The summed E-state index contributed by atoms with van der Waals surface area (Å²) in [7, 11) is 0. The Morgan fingerprint density at radius 2 is 2.17 bits per heavy atom. The fraction of sp³-hybridized carbons (Fsp3) is 0.250. The molecule has 5 rings (SSSR count). The van der Waals surface area contributed by atoms with Crippen LogP contribution in [0, 0.1) is 0 Å². The number of hydrogen-bond acceptors (Lipinski definition) is 7. The van der Waals surface area contributed by atoms with Gasteiger partial charge in [0.25, 0.3) is 5.56 Å². The fourth-order valence-electron chi connectivity index (χ4n) is 3.73.